The van der Waals surface area contributed by atoms with Gasteiger partial charge in [-0.2, -0.15) is 25.3 Å². The average molecular weight is 882 g/mol. The summed E-state index contributed by atoms with van der Waals surface area (Å²) in [6.07, 6.45) is 2.88. The first-order valence-corrected chi connectivity index (χ1v) is 20.3. The molecule has 0 aliphatic rings. The Morgan fingerprint density at radius 3 is 1.37 bits per heavy atom. The Balaban J connectivity index is 0.000000360. The second-order valence-electron chi connectivity index (χ2n) is 19.4. The van der Waals surface area contributed by atoms with Crippen LogP contribution >= 0.6 is 22.9 Å². The number of H-pyrrole nitrogens is 6. The number of oxazole rings is 1. The van der Waals surface area contributed by atoms with E-state index >= 15 is 0 Å². The van der Waals surface area contributed by atoms with Gasteiger partial charge in [-0.1, -0.05) is 136 Å². The molecular formula is C38H63N11O9S2. The number of hydrogen-bond donors (Lipinski definition) is 7. The predicted octanol–water partition coefficient (Wildman–Crippen LogP) is 6.26. The second-order valence-corrected chi connectivity index (χ2v) is 21.1. The fourth-order valence-corrected chi connectivity index (χ4v) is 5.01. The van der Waals surface area contributed by atoms with Crippen LogP contribution in [0.4, 0.5) is 0 Å². The fourth-order valence-electron chi connectivity index (χ4n) is 3.68. The third-order valence-electron chi connectivity index (χ3n) is 7.02. The maximum atomic E-state index is 10.6. The van der Waals surface area contributed by atoms with Crippen molar-refractivity contribution >= 4 is 22.9 Å². The van der Waals surface area contributed by atoms with Crippen LogP contribution in [-0.2, 0) is 32.5 Å². The van der Waals surface area contributed by atoms with E-state index < -0.39 is 11.4 Å². The molecule has 0 radical (unpaired) electrons. The molecule has 0 aromatic carbocycles. The van der Waals surface area contributed by atoms with Crippen molar-refractivity contribution in [3.05, 3.63) is 97.4 Å². The lowest BCUT2D eigenvalue weighted by atomic mass is 9.92. The lowest BCUT2D eigenvalue weighted by Gasteiger charge is -2.15. The van der Waals surface area contributed by atoms with Crippen molar-refractivity contribution in [2.75, 3.05) is 0 Å². The molecule has 60 heavy (non-hydrogen) atoms. The summed E-state index contributed by atoms with van der Waals surface area (Å²) in [6, 6.07) is 0. The zero-order chi connectivity index (χ0) is 46.7. The van der Waals surface area contributed by atoms with Crippen molar-refractivity contribution in [3.8, 4) is 5.75 Å². The molecule has 7 N–H and O–H groups in total. The van der Waals surface area contributed by atoms with Gasteiger partial charge in [0, 0.05) is 32.5 Å². The maximum Gasteiger partial charge on any atom is 0.434 e. The summed E-state index contributed by atoms with van der Waals surface area (Å²) >= 11 is 2.48. The Labute approximate surface area is 355 Å². The first-order valence-electron chi connectivity index (χ1n) is 18.7. The number of nitrogens with zero attached hydrogens (tertiary/aromatic N) is 5. The average Bonchev–Trinajstić information content (AvgIpc) is 3.90. The Hall–Kier alpha value is -5.38. The molecule has 6 aromatic heterocycles. The van der Waals surface area contributed by atoms with Gasteiger partial charge in [0.25, 0.3) is 0 Å². The molecule has 6 heterocycles. The Kier molecular flexibility index (Phi) is 18.2. The molecule has 0 saturated heterocycles. The van der Waals surface area contributed by atoms with E-state index in [4.69, 9.17) is 8.94 Å². The molecule has 0 saturated carbocycles. The minimum absolute atomic E-state index is 0.0101. The minimum Gasteiger partial charge on any atom is -0.504 e. The highest BCUT2D eigenvalue weighted by atomic mass is 32.1. The molecule has 0 fully saturated rings. The summed E-state index contributed by atoms with van der Waals surface area (Å²) in [7, 11) is 0. The highest BCUT2D eigenvalue weighted by Gasteiger charge is 2.22. The van der Waals surface area contributed by atoms with Gasteiger partial charge in [-0.15, -0.1) is 5.10 Å². The van der Waals surface area contributed by atoms with Gasteiger partial charge in [0.2, 0.25) is 11.8 Å². The normalized spacial score (nSPS) is 11.9. The monoisotopic (exact) mass is 881 g/mol. The molecule has 0 unspecified atom stereocenters. The SMILES string of the molecule is CC(C)(C)c1[nH]ncc1O.CC(C)(C)c1coc(=O)[nH]1.CC(C)(C)c1n[nH]c(=O)o1.CC(C)(C)c1n[nH]c(=O)s1.CC(C)(C)c1nc(=O)[nH]o1.CC(C)(C)c1nc(=O)[nH]s1. The predicted molar refractivity (Wildman–Crippen MR) is 231 cm³/mol. The number of aromatic amines is 6. The molecule has 0 bridgehead atoms. The van der Waals surface area contributed by atoms with Crippen LogP contribution in [0.15, 0.2) is 49.8 Å². The maximum absolute atomic E-state index is 10.6. The van der Waals surface area contributed by atoms with E-state index in [2.05, 4.69) is 59.5 Å². The van der Waals surface area contributed by atoms with Crippen molar-refractivity contribution in [1.82, 2.24) is 55.1 Å². The van der Waals surface area contributed by atoms with E-state index in [1.165, 1.54) is 35.3 Å². The van der Waals surface area contributed by atoms with Gasteiger partial charge in [0.1, 0.15) is 16.3 Å². The number of rotatable bonds is 0. The van der Waals surface area contributed by atoms with Gasteiger partial charge in [0.15, 0.2) is 5.75 Å². The third-order valence-corrected chi connectivity index (χ3v) is 9.36. The van der Waals surface area contributed by atoms with Gasteiger partial charge >= 0.3 is 27.8 Å². The summed E-state index contributed by atoms with van der Waals surface area (Å²) in [6.45, 7) is 35.8. The largest absolute Gasteiger partial charge is 0.504 e. The van der Waals surface area contributed by atoms with Crippen LogP contribution in [0.1, 0.15) is 158 Å². The van der Waals surface area contributed by atoms with Crippen LogP contribution in [0.2, 0.25) is 0 Å². The molecule has 0 spiro atoms. The number of hydrogen-bond acceptors (Lipinski definition) is 16. The lowest BCUT2D eigenvalue weighted by molar-refractivity contribution is 0.318. The summed E-state index contributed by atoms with van der Waals surface area (Å²) in [5.41, 5.74) is 0.448. The quantitative estimate of drug-likeness (QED) is 0.0886. The van der Waals surface area contributed by atoms with Crippen LogP contribution in [0.25, 0.3) is 0 Å². The van der Waals surface area contributed by atoms with Crippen LogP contribution in [0, 0.1) is 0 Å². The van der Waals surface area contributed by atoms with Crippen molar-refractivity contribution < 1.29 is 18.5 Å². The minimum atomic E-state index is -0.495. The second kappa shape index (κ2) is 20.7. The van der Waals surface area contributed by atoms with Gasteiger partial charge in [-0.25, -0.2) is 29.4 Å². The van der Waals surface area contributed by atoms with E-state index in [9.17, 15) is 29.1 Å². The summed E-state index contributed by atoms with van der Waals surface area (Å²) < 4.78 is 16.6. The zero-order valence-electron chi connectivity index (χ0n) is 37.9. The summed E-state index contributed by atoms with van der Waals surface area (Å²) in [5, 5.41) is 31.6. The van der Waals surface area contributed by atoms with Gasteiger partial charge in [-0.05, 0) is 11.5 Å². The molecule has 336 valence electrons. The highest BCUT2D eigenvalue weighted by molar-refractivity contribution is 7.09. The molecule has 22 heteroatoms. The Morgan fingerprint density at radius 2 is 1.17 bits per heavy atom. The number of aromatic hydroxyl groups is 1. The molecule has 0 aliphatic heterocycles. The standard InChI is InChI=1S/C7H12N2O.C7H11NO2.2C6H10N2O2.2C6H10N2OS/c1-7(2,3)6-5(10)4-8-9-6;1-7(2,3)5-4-10-6(9)8-5;1-6(2,3)4-7-8-5(9)10-4;1-6(2,3)4-7-5(9)8-10-4;1-6(2,3)4-7-8-5(9)10-4;1-6(2,3)4-7-5(9)8-10-4/h4,10H,1-3H3,(H,8,9);4H,1-3H3,(H,8,9);4*1-3H3,(H,8,9). The first kappa shape index (κ1) is 52.6. The number of aromatic nitrogens is 11. The van der Waals surface area contributed by atoms with Gasteiger partial charge in [-0.3, -0.25) is 19.3 Å². The molecule has 6 rings (SSSR count). The zero-order valence-corrected chi connectivity index (χ0v) is 39.6. The van der Waals surface area contributed by atoms with Gasteiger partial charge < -0.3 is 18.5 Å². The Morgan fingerprint density at radius 1 is 0.600 bits per heavy atom. The van der Waals surface area contributed by atoms with Crippen molar-refractivity contribution in [3.63, 3.8) is 0 Å². The van der Waals surface area contributed by atoms with Crippen LogP contribution < -0.4 is 27.8 Å². The summed E-state index contributed by atoms with van der Waals surface area (Å²) in [4.78, 5) is 62.6. The molecule has 6 aromatic rings. The molecule has 0 amide bonds. The van der Waals surface area contributed by atoms with E-state index in [-0.39, 0.29) is 54.6 Å². The van der Waals surface area contributed by atoms with Crippen LogP contribution in [0.3, 0.4) is 0 Å². The highest BCUT2D eigenvalue weighted by Crippen LogP contribution is 2.27. The lowest BCUT2D eigenvalue weighted by Crippen LogP contribution is -2.13. The summed E-state index contributed by atoms with van der Waals surface area (Å²) in [5.74, 6) is 0.248. The molecular weight excluding hydrogens is 819 g/mol. The Bertz CT molecular complexity index is 2100. The topological polar surface area (TPSA) is 304 Å². The van der Waals surface area contributed by atoms with Gasteiger partial charge in [0.05, 0.1) is 17.6 Å². The smallest absolute Gasteiger partial charge is 0.434 e. The van der Waals surface area contributed by atoms with Crippen molar-refractivity contribution in [1.29, 1.82) is 0 Å². The molecule has 0 aliphatic carbocycles. The molecule has 20 nitrogen and oxygen atoms in total. The van der Waals surface area contributed by atoms with Crippen molar-refractivity contribution in [2.24, 2.45) is 0 Å². The first-order chi connectivity index (χ1) is 27.0. The fraction of sp³-hybridized carbons (Fsp3) is 0.632. The number of nitrogens with one attached hydrogen (secondary N) is 6. The molecule has 0 atom stereocenters. The van der Waals surface area contributed by atoms with Crippen molar-refractivity contribution in [2.45, 2.75) is 157 Å². The van der Waals surface area contributed by atoms with E-state index in [0.717, 1.165) is 21.4 Å². The van der Waals surface area contributed by atoms with E-state index in [1.54, 1.807) is 0 Å². The third kappa shape index (κ3) is 19.1. The van der Waals surface area contributed by atoms with E-state index in [0.29, 0.717) is 11.8 Å². The van der Waals surface area contributed by atoms with Crippen LogP contribution in [0.5, 0.6) is 5.75 Å². The van der Waals surface area contributed by atoms with E-state index in [1.807, 2.05) is 125 Å². The van der Waals surface area contributed by atoms with Crippen LogP contribution in [-0.4, -0.2) is 60.2 Å².